The Morgan fingerprint density at radius 2 is 1.16 bits per heavy atom. The van der Waals surface area contributed by atoms with Gasteiger partial charge in [0.1, 0.15) is 0 Å². The van der Waals surface area contributed by atoms with Crippen molar-refractivity contribution in [2.75, 3.05) is 0 Å². The first kappa shape index (κ1) is 18.7. The molecule has 0 amide bonds. The zero-order valence-electron chi connectivity index (χ0n) is 15.1. The summed E-state index contributed by atoms with van der Waals surface area (Å²) in [5.41, 5.74) is 8.16. The van der Waals surface area contributed by atoms with Crippen molar-refractivity contribution in [1.29, 1.82) is 0 Å². The summed E-state index contributed by atoms with van der Waals surface area (Å²) < 4.78 is 5.93. The van der Waals surface area contributed by atoms with Crippen molar-refractivity contribution in [1.82, 2.24) is 0 Å². The Kier molecular flexibility index (Phi) is 6.31. The molecule has 2 aromatic carbocycles. The van der Waals surface area contributed by atoms with Crippen LogP contribution >= 0.6 is 0 Å². The van der Waals surface area contributed by atoms with Gasteiger partial charge in [0.15, 0.2) is 0 Å². The Bertz CT molecular complexity index is 744. The molecular formula is C20H24N2O3. The summed E-state index contributed by atoms with van der Waals surface area (Å²) in [5, 5.41) is 23.8. The molecule has 0 radical (unpaired) electrons. The number of hydrogen-bond acceptors (Lipinski definition) is 5. The Morgan fingerprint density at radius 1 is 0.760 bits per heavy atom. The molecular weight excluding hydrogens is 316 g/mol. The SMILES string of the molecule is Cc1cc(C=NO)c(C)c(COCc2cc(C)cc(C=NO)c2C)c1. The van der Waals surface area contributed by atoms with E-state index in [0.29, 0.717) is 13.2 Å². The molecule has 0 saturated carbocycles. The predicted molar refractivity (Wildman–Crippen MR) is 99.1 cm³/mol. The molecule has 0 fully saturated rings. The van der Waals surface area contributed by atoms with E-state index in [2.05, 4.69) is 22.4 Å². The summed E-state index contributed by atoms with van der Waals surface area (Å²) in [6, 6.07) is 8.11. The highest BCUT2D eigenvalue weighted by Gasteiger charge is 2.08. The Morgan fingerprint density at radius 3 is 1.52 bits per heavy atom. The van der Waals surface area contributed by atoms with E-state index < -0.39 is 0 Å². The smallest absolute Gasteiger partial charge is 0.0736 e. The number of aryl methyl sites for hydroxylation is 2. The summed E-state index contributed by atoms with van der Waals surface area (Å²) >= 11 is 0. The highest BCUT2D eigenvalue weighted by Crippen LogP contribution is 2.20. The molecule has 0 aliphatic rings. The lowest BCUT2D eigenvalue weighted by Gasteiger charge is -2.13. The van der Waals surface area contributed by atoms with Gasteiger partial charge >= 0.3 is 0 Å². The molecule has 2 aromatic rings. The van der Waals surface area contributed by atoms with E-state index in [-0.39, 0.29) is 0 Å². The number of rotatable bonds is 6. The van der Waals surface area contributed by atoms with Gasteiger partial charge in [0.05, 0.1) is 25.6 Å². The molecule has 0 aliphatic heterocycles. The van der Waals surface area contributed by atoms with Crippen LogP contribution in [0, 0.1) is 27.7 Å². The summed E-state index contributed by atoms with van der Waals surface area (Å²) in [4.78, 5) is 0. The first-order chi connectivity index (χ1) is 12.0. The van der Waals surface area contributed by atoms with Crippen LogP contribution in [-0.4, -0.2) is 22.8 Å². The Balaban J connectivity index is 2.16. The van der Waals surface area contributed by atoms with Gasteiger partial charge in [-0.2, -0.15) is 0 Å². The maximum atomic E-state index is 8.79. The number of ether oxygens (including phenoxy) is 1. The van der Waals surface area contributed by atoms with Crippen LogP contribution in [0.5, 0.6) is 0 Å². The van der Waals surface area contributed by atoms with Crippen molar-refractivity contribution in [2.24, 2.45) is 10.3 Å². The Labute approximate surface area is 148 Å². The van der Waals surface area contributed by atoms with Gasteiger partial charge in [-0.3, -0.25) is 0 Å². The molecule has 2 rings (SSSR count). The van der Waals surface area contributed by atoms with Crippen LogP contribution in [0.25, 0.3) is 0 Å². The minimum absolute atomic E-state index is 0.469. The molecule has 5 heteroatoms. The van der Waals surface area contributed by atoms with Crippen molar-refractivity contribution in [3.8, 4) is 0 Å². The van der Waals surface area contributed by atoms with E-state index >= 15 is 0 Å². The third kappa shape index (κ3) is 4.67. The summed E-state index contributed by atoms with van der Waals surface area (Å²) in [7, 11) is 0. The number of oxime groups is 2. The van der Waals surface area contributed by atoms with E-state index in [1.54, 1.807) is 0 Å². The number of benzene rings is 2. The van der Waals surface area contributed by atoms with Gasteiger partial charge in [-0.15, -0.1) is 0 Å². The number of nitrogens with zero attached hydrogens (tertiary/aromatic N) is 2. The average Bonchev–Trinajstić information content (AvgIpc) is 2.56. The maximum absolute atomic E-state index is 8.79. The van der Waals surface area contributed by atoms with Crippen LogP contribution in [0.3, 0.4) is 0 Å². The molecule has 5 nitrogen and oxygen atoms in total. The van der Waals surface area contributed by atoms with E-state index in [0.717, 1.165) is 44.5 Å². The van der Waals surface area contributed by atoms with E-state index in [4.69, 9.17) is 15.2 Å². The van der Waals surface area contributed by atoms with Crippen molar-refractivity contribution in [2.45, 2.75) is 40.9 Å². The van der Waals surface area contributed by atoms with E-state index in [9.17, 15) is 0 Å². The zero-order chi connectivity index (χ0) is 18.4. The standard InChI is InChI=1S/C20H24N2O3/c1-13-5-17(9-21-23)15(3)19(7-13)11-25-12-20-8-14(2)6-18(10-22-24)16(20)4/h5-10,23-24H,11-12H2,1-4H3. The molecule has 0 aliphatic carbocycles. The van der Waals surface area contributed by atoms with Crippen LogP contribution in [0.1, 0.15) is 44.5 Å². The van der Waals surface area contributed by atoms with E-state index in [1.165, 1.54) is 12.4 Å². The average molecular weight is 340 g/mol. The second-order valence-corrected chi connectivity index (χ2v) is 6.26. The second-order valence-electron chi connectivity index (χ2n) is 6.26. The summed E-state index contributed by atoms with van der Waals surface area (Å²) in [5.74, 6) is 0. The fraction of sp³-hybridized carbons (Fsp3) is 0.300. The van der Waals surface area contributed by atoms with Crippen molar-refractivity contribution >= 4 is 12.4 Å². The van der Waals surface area contributed by atoms with E-state index in [1.807, 2.05) is 39.8 Å². The van der Waals surface area contributed by atoms with Crippen LogP contribution < -0.4 is 0 Å². The number of hydrogen-bond donors (Lipinski definition) is 2. The third-order valence-electron chi connectivity index (χ3n) is 4.31. The second kappa shape index (κ2) is 8.44. The summed E-state index contributed by atoms with van der Waals surface area (Å²) in [6.45, 7) is 8.92. The van der Waals surface area contributed by atoms with Gasteiger partial charge in [-0.1, -0.05) is 45.7 Å². The van der Waals surface area contributed by atoms with Crippen molar-refractivity contribution in [3.05, 3.63) is 68.8 Å². The molecule has 2 N–H and O–H groups in total. The van der Waals surface area contributed by atoms with Crippen LogP contribution in [0.4, 0.5) is 0 Å². The molecule has 0 atom stereocenters. The summed E-state index contributed by atoms with van der Waals surface area (Å²) in [6.07, 6.45) is 2.88. The maximum Gasteiger partial charge on any atom is 0.0736 e. The minimum Gasteiger partial charge on any atom is -0.411 e. The first-order valence-corrected chi connectivity index (χ1v) is 8.09. The lowest BCUT2D eigenvalue weighted by atomic mass is 9.99. The van der Waals surface area contributed by atoms with Crippen LogP contribution in [0.2, 0.25) is 0 Å². The molecule has 132 valence electrons. The Hall–Kier alpha value is -2.66. The zero-order valence-corrected chi connectivity index (χ0v) is 15.1. The van der Waals surface area contributed by atoms with Gasteiger partial charge in [-0.25, -0.2) is 0 Å². The van der Waals surface area contributed by atoms with Gasteiger partial charge in [0.2, 0.25) is 0 Å². The molecule has 0 aromatic heterocycles. The molecule has 0 bridgehead atoms. The van der Waals surface area contributed by atoms with Gasteiger partial charge in [-0.05, 0) is 61.1 Å². The van der Waals surface area contributed by atoms with Gasteiger partial charge in [0, 0.05) is 0 Å². The molecule has 0 heterocycles. The quantitative estimate of drug-likeness (QED) is 0.469. The molecule has 0 unspecified atom stereocenters. The van der Waals surface area contributed by atoms with Crippen LogP contribution in [0.15, 0.2) is 34.6 Å². The fourth-order valence-electron chi connectivity index (χ4n) is 2.89. The minimum atomic E-state index is 0.469. The molecule has 0 saturated heterocycles. The predicted octanol–water partition coefficient (Wildman–Crippen LogP) is 4.25. The molecule has 0 spiro atoms. The van der Waals surface area contributed by atoms with Crippen molar-refractivity contribution in [3.63, 3.8) is 0 Å². The largest absolute Gasteiger partial charge is 0.411 e. The lowest BCUT2D eigenvalue weighted by Crippen LogP contribution is -2.03. The highest BCUT2D eigenvalue weighted by molar-refractivity contribution is 5.82. The fourth-order valence-corrected chi connectivity index (χ4v) is 2.89. The van der Waals surface area contributed by atoms with Crippen molar-refractivity contribution < 1.29 is 15.2 Å². The topological polar surface area (TPSA) is 74.4 Å². The first-order valence-electron chi connectivity index (χ1n) is 8.09. The third-order valence-corrected chi connectivity index (χ3v) is 4.31. The molecule has 25 heavy (non-hydrogen) atoms. The monoisotopic (exact) mass is 340 g/mol. The van der Waals surface area contributed by atoms with Crippen LogP contribution in [-0.2, 0) is 18.0 Å². The highest BCUT2D eigenvalue weighted by atomic mass is 16.5. The normalized spacial score (nSPS) is 11.7. The lowest BCUT2D eigenvalue weighted by molar-refractivity contribution is 0.106. The van der Waals surface area contributed by atoms with Gasteiger partial charge < -0.3 is 15.2 Å². The van der Waals surface area contributed by atoms with Gasteiger partial charge in [0.25, 0.3) is 0 Å².